The molecular weight excluding hydrogens is 302 g/mol. The van der Waals surface area contributed by atoms with Crippen molar-refractivity contribution in [3.05, 3.63) is 48.2 Å². The number of pyridine rings is 1. The molecule has 5 nitrogen and oxygen atoms in total. The van der Waals surface area contributed by atoms with Crippen molar-refractivity contribution >= 4 is 5.91 Å². The van der Waals surface area contributed by atoms with Gasteiger partial charge in [-0.15, -0.1) is 0 Å². The van der Waals surface area contributed by atoms with Crippen LogP contribution in [0.15, 0.2) is 42.5 Å². The maximum Gasteiger partial charge on any atom is 0.231 e. The average Bonchev–Trinajstić information content (AvgIpc) is 2.61. The normalized spacial score (nSPS) is 18.3. The number of carbonyl (C=O) groups is 1. The van der Waals surface area contributed by atoms with Gasteiger partial charge in [-0.3, -0.25) is 14.7 Å². The summed E-state index contributed by atoms with van der Waals surface area (Å²) < 4.78 is 5.30. The van der Waals surface area contributed by atoms with Crippen molar-refractivity contribution < 1.29 is 9.53 Å². The lowest BCUT2D eigenvalue weighted by Crippen LogP contribution is -2.40. The molecule has 1 aliphatic rings. The zero-order valence-corrected chi connectivity index (χ0v) is 13.9. The zero-order valence-electron chi connectivity index (χ0n) is 13.9. The van der Waals surface area contributed by atoms with Gasteiger partial charge in [0.1, 0.15) is 5.75 Å². The highest BCUT2D eigenvalue weighted by molar-refractivity contribution is 5.75. The Hall–Kier alpha value is -2.40. The van der Waals surface area contributed by atoms with Crippen molar-refractivity contribution in [2.45, 2.75) is 18.8 Å². The van der Waals surface area contributed by atoms with Gasteiger partial charge in [0.15, 0.2) is 0 Å². The predicted octanol–water partition coefficient (Wildman–Crippen LogP) is 2.42. The first-order valence-electron chi connectivity index (χ1n) is 8.28. The number of hydrogen-bond acceptors (Lipinski definition) is 4. The standard InChI is InChI=1S/C19H23N3O2/c1-24-16-7-2-5-14(11-16)17-8-3-9-18(21-17)15-6-4-10-22(12-15)13-19(20)23/h2-3,5,7-9,11,15H,4,6,10,12-13H2,1H3,(H2,20,23). The molecule has 1 amide bonds. The Kier molecular flexibility index (Phi) is 5.11. The third-order valence-electron chi connectivity index (χ3n) is 4.44. The molecule has 1 atom stereocenters. The highest BCUT2D eigenvalue weighted by Gasteiger charge is 2.23. The number of hydrogen-bond donors (Lipinski definition) is 1. The lowest BCUT2D eigenvalue weighted by atomic mass is 9.94. The Labute approximate surface area is 142 Å². The van der Waals surface area contributed by atoms with E-state index in [1.807, 2.05) is 36.4 Å². The Morgan fingerprint density at radius 2 is 2.17 bits per heavy atom. The van der Waals surface area contributed by atoms with Gasteiger partial charge >= 0.3 is 0 Å². The summed E-state index contributed by atoms with van der Waals surface area (Å²) in [5.74, 6) is 0.891. The fourth-order valence-corrected chi connectivity index (χ4v) is 3.28. The summed E-state index contributed by atoms with van der Waals surface area (Å²) in [5.41, 5.74) is 8.39. The SMILES string of the molecule is COc1cccc(-c2cccc(C3CCCN(CC(N)=O)C3)n2)c1. The summed E-state index contributed by atoms with van der Waals surface area (Å²) in [6, 6.07) is 14.1. The molecule has 126 valence electrons. The van der Waals surface area contributed by atoms with Crippen LogP contribution in [0, 0.1) is 0 Å². The first kappa shape index (κ1) is 16.5. The number of methoxy groups -OCH3 is 1. The predicted molar refractivity (Wildman–Crippen MR) is 93.8 cm³/mol. The molecule has 2 N–H and O–H groups in total. The van der Waals surface area contributed by atoms with Crippen LogP contribution in [0.2, 0.25) is 0 Å². The van der Waals surface area contributed by atoms with Gasteiger partial charge in [-0.1, -0.05) is 18.2 Å². The van der Waals surface area contributed by atoms with Crippen LogP contribution in [0.3, 0.4) is 0 Å². The van der Waals surface area contributed by atoms with Crippen molar-refractivity contribution in [3.8, 4) is 17.0 Å². The van der Waals surface area contributed by atoms with E-state index in [2.05, 4.69) is 11.0 Å². The summed E-state index contributed by atoms with van der Waals surface area (Å²) in [6.07, 6.45) is 2.15. The first-order chi connectivity index (χ1) is 11.7. The maximum absolute atomic E-state index is 11.2. The van der Waals surface area contributed by atoms with E-state index in [0.29, 0.717) is 12.5 Å². The number of nitrogens with zero attached hydrogens (tertiary/aromatic N) is 2. The van der Waals surface area contributed by atoms with Crippen molar-refractivity contribution in [3.63, 3.8) is 0 Å². The molecule has 0 radical (unpaired) electrons. The summed E-state index contributed by atoms with van der Waals surface area (Å²) in [7, 11) is 1.66. The Morgan fingerprint density at radius 3 is 2.96 bits per heavy atom. The average molecular weight is 325 g/mol. The Bertz CT molecular complexity index is 717. The molecule has 2 heterocycles. The summed E-state index contributed by atoms with van der Waals surface area (Å²) in [4.78, 5) is 18.1. The summed E-state index contributed by atoms with van der Waals surface area (Å²) >= 11 is 0. The van der Waals surface area contributed by atoms with Crippen LogP contribution in [0.25, 0.3) is 11.3 Å². The molecule has 1 aliphatic heterocycles. The topological polar surface area (TPSA) is 68.5 Å². The summed E-state index contributed by atoms with van der Waals surface area (Å²) in [6.45, 7) is 2.08. The van der Waals surface area contributed by atoms with E-state index < -0.39 is 0 Å². The second-order valence-electron chi connectivity index (χ2n) is 6.22. The second kappa shape index (κ2) is 7.45. The molecule has 1 aromatic heterocycles. The van der Waals surface area contributed by atoms with E-state index >= 15 is 0 Å². The molecular formula is C19H23N3O2. The van der Waals surface area contributed by atoms with Crippen LogP contribution in [-0.4, -0.2) is 42.5 Å². The molecule has 0 saturated carbocycles. The van der Waals surface area contributed by atoms with Crippen LogP contribution in [0.4, 0.5) is 0 Å². The third-order valence-corrected chi connectivity index (χ3v) is 4.44. The fraction of sp³-hybridized carbons (Fsp3) is 0.368. The largest absolute Gasteiger partial charge is 0.497 e. The lowest BCUT2D eigenvalue weighted by molar-refractivity contribution is -0.119. The van der Waals surface area contributed by atoms with Crippen molar-refractivity contribution in [1.29, 1.82) is 0 Å². The minimum absolute atomic E-state index is 0.270. The molecule has 0 aliphatic carbocycles. The number of rotatable bonds is 5. The molecule has 2 aromatic rings. The van der Waals surface area contributed by atoms with Crippen LogP contribution >= 0.6 is 0 Å². The number of aromatic nitrogens is 1. The number of amides is 1. The Morgan fingerprint density at radius 1 is 1.33 bits per heavy atom. The van der Waals surface area contributed by atoms with E-state index in [1.165, 1.54) is 0 Å². The van der Waals surface area contributed by atoms with Gasteiger partial charge in [0.2, 0.25) is 5.91 Å². The van der Waals surface area contributed by atoms with E-state index in [0.717, 1.165) is 48.6 Å². The molecule has 1 aromatic carbocycles. The van der Waals surface area contributed by atoms with Crippen LogP contribution < -0.4 is 10.5 Å². The second-order valence-corrected chi connectivity index (χ2v) is 6.22. The molecule has 1 saturated heterocycles. The molecule has 24 heavy (non-hydrogen) atoms. The smallest absolute Gasteiger partial charge is 0.231 e. The fourth-order valence-electron chi connectivity index (χ4n) is 3.28. The van der Waals surface area contributed by atoms with Gasteiger partial charge < -0.3 is 10.5 Å². The number of primary amides is 1. The van der Waals surface area contributed by atoms with Gasteiger partial charge in [0, 0.05) is 23.7 Å². The lowest BCUT2D eigenvalue weighted by Gasteiger charge is -2.31. The van der Waals surface area contributed by atoms with E-state index in [4.69, 9.17) is 15.5 Å². The monoisotopic (exact) mass is 325 g/mol. The van der Waals surface area contributed by atoms with Gasteiger partial charge in [0.05, 0.1) is 19.3 Å². The number of benzene rings is 1. The van der Waals surface area contributed by atoms with E-state index in [-0.39, 0.29) is 5.91 Å². The number of nitrogens with two attached hydrogens (primary N) is 1. The highest BCUT2D eigenvalue weighted by atomic mass is 16.5. The highest BCUT2D eigenvalue weighted by Crippen LogP contribution is 2.28. The van der Waals surface area contributed by atoms with Crippen molar-refractivity contribution in [2.24, 2.45) is 5.73 Å². The molecule has 5 heteroatoms. The zero-order chi connectivity index (χ0) is 16.9. The van der Waals surface area contributed by atoms with Crippen molar-refractivity contribution in [2.75, 3.05) is 26.7 Å². The van der Waals surface area contributed by atoms with Crippen molar-refractivity contribution in [1.82, 2.24) is 9.88 Å². The van der Waals surface area contributed by atoms with E-state index in [9.17, 15) is 4.79 Å². The maximum atomic E-state index is 11.2. The third kappa shape index (κ3) is 3.92. The minimum atomic E-state index is -0.270. The van der Waals surface area contributed by atoms with Gasteiger partial charge in [-0.25, -0.2) is 0 Å². The molecule has 0 bridgehead atoms. The minimum Gasteiger partial charge on any atom is -0.497 e. The van der Waals surface area contributed by atoms with Gasteiger partial charge in [-0.2, -0.15) is 0 Å². The van der Waals surface area contributed by atoms with Gasteiger partial charge in [0.25, 0.3) is 0 Å². The van der Waals surface area contributed by atoms with Crippen LogP contribution in [-0.2, 0) is 4.79 Å². The number of ether oxygens (including phenoxy) is 1. The molecule has 0 spiro atoms. The van der Waals surface area contributed by atoms with E-state index in [1.54, 1.807) is 7.11 Å². The number of likely N-dealkylation sites (tertiary alicyclic amines) is 1. The summed E-state index contributed by atoms with van der Waals surface area (Å²) in [5, 5.41) is 0. The number of piperidine rings is 1. The Balaban J connectivity index is 1.80. The molecule has 3 rings (SSSR count). The van der Waals surface area contributed by atoms with Crippen LogP contribution in [0.1, 0.15) is 24.5 Å². The number of carbonyl (C=O) groups excluding carboxylic acids is 1. The first-order valence-corrected chi connectivity index (χ1v) is 8.28. The molecule has 1 fully saturated rings. The molecule has 1 unspecified atom stereocenters. The van der Waals surface area contributed by atoms with Gasteiger partial charge in [-0.05, 0) is 43.7 Å². The quantitative estimate of drug-likeness (QED) is 0.917. The van der Waals surface area contributed by atoms with Crippen LogP contribution in [0.5, 0.6) is 5.75 Å².